The molecule has 0 radical (unpaired) electrons. The van der Waals surface area contributed by atoms with Crippen LogP contribution in [0, 0.1) is 11.3 Å². The minimum absolute atomic E-state index is 0.362. The Morgan fingerprint density at radius 3 is 3.27 bits per heavy atom. The summed E-state index contributed by atoms with van der Waals surface area (Å²) in [6, 6.07) is 6.29. The van der Waals surface area contributed by atoms with E-state index in [4.69, 9.17) is 11.0 Å². The third-order valence-electron chi connectivity index (χ3n) is 2.85. The molecule has 0 aromatic carbocycles. The van der Waals surface area contributed by atoms with E-state index >= 15 is 0 Å². The Balaban J connectivity index is 2.33. The molecule has 2 N–H and O–H groups in total. The fourth-order valence-electron chi connectivity index (χ4n) is 2.11. The van der Waals surface area contributed by atoms with Gasteiger partial charge in [-0.1, -0.05) is 0 Å². The summed E-state index contributed by atoms with van der Waals surface area (Å²) in [7, 11) is 0. The number of nitrogens with two attached hydrogens (primary N) is 1. The van der Waals surface area contributed by atoms with Crippen LogP contribution in [0.1, 0.15) is 18.5 Å². The van der Waals surface area contributed by atoms with Crippen molar-refractivity contribution in [2.24, 2.45) is 5.73 Å². The molecule has 4 nitrogen and oxygen atoms in total. The Morgan fingerprint density at radius 2 is 2.53 bits per heavy atom. The van der Waals surface area contributed by atoms with Gasteiger partial charge in [0.05, 0.1) is 5.69 Å². The Bertz CT molecular complexity index is 382. The lowest BCUT2D eigenvalue weighted by molar-refractivity contribution is 0.676. The van der Waals surface area contributed by atoms with Crippen LogP contribution in [0.25, 0.3) is 0 Å². The number of hydrogen-bond acceptors (Lipinski definition) is 4. The van der Waals surface area contributed by atoms with Crippen LogP contribution in [0.5, 0.6) is 0 Å². The second kappa shape index (κ2) is 4.28. The fraction of sp³-hybridized carbons (Fsp3) is 0.455. The highest BCUT2D eigenvalue weighted by atomic mass is 15.2. The van der Waals surface area contributed by atoms with Gasteiger partial charge in [0.25, 0.3) is 0 Å². The zero-order valence-electron chi connectivity index (χ0n) is 8.56. The monoisotopic (exact) mass is 202 g/mol. The second-order valence-electron chi connectivity index (χ2n) is 3.71. The van der Waals surface area contributed by atoms with Crippen molar-refractivity contribution in [2.45, 2.75) is 18.9 Å². The summed E-state index contributed by atoms with van der Waals surface area (Å²) < 4.78 is 0. The summed E-state index contributed by atoms with van der Waals surface area (Å²) in [6.07, 6.45) is 3.90. The van der Waals surface area contributed by atoms with Crippen molar-refractivity contribution < 1.29 is 0 Å². The first-order valence-electron chi connectivity index (χ1n) is 5.18. The van der Waals surface area contributed by atoms with Crippen LogP contribution in [-0.4, -0.2) is 24.1 Å². The highest BCUT2D eigenvalue weighted by molar-refractivity contribution is 5.57. The molecule has 4 heteroatoms. The standard InChI is InChI=1S/C11H14N4/c12-7-9-3-2-6-15(9)11-4-1-5-14-10(11)8-13/h1,4-5,9H,2-3,6-7,12H2. The quantitative estimate of drug-likeness (QED) is 0.773. The van der Waals surface area contributed by atoms with Crippen LogP contribution in [0.2, 0.25) is 0 Å². The van der Waals surface area contributed by atoms with E-state index in [1.54, 1.807) is 6.20 Å². The maximum atomic E-state index is 8.97. The van der Waals surface area contributed by atoms with Crippen molar-refractivity contribution in [3.05, 3.63) is 24.0 Å². The maximum Gasteiger partial charge on any atom is 0.163 e. The van der Waals surface area contributed by atoms with Crippen molar-refractivity contribution in [2.75, 3.05) is 18.0 Å². The Labute approximate surface area is 89.3 Å². The molecule has 2 rings (SSSR count). The van der Waals surface area contributed by atoms with Gasteiger partial charge in [-0.25, -0.2) is 4.98 Å². The average molecular weight is 202 g/mol. The first-order valence-corrected chi connectivity index (χ1v) is 5.18. The molecule has 1 unspecified atom stereocenters. The molecule has 1 aliphatic rings. The lowest BCUT2D eigenvalue weighted by atomic mass is 10.2. The van der Waals surface area contributed by atoms with E-state index in [1.807, 2.05) is 12.1 Å². The molecule has 78 valence electrons. The molecule has 1 aromatic rings. The first-order chi connectivity index (χ1) is 7.36. The summed E-state index contributed by atoms with van der Waals surface area (Å²) in [6.45, 7) is 1.61. The largest absolute Gasteiger partial charge is 0.365 e. The van der Waals surface area contributed by atoms with Gasteiger partial charge in [-0.3, -0.25) is 0 Å². The molecule has 0 bridgehead atoms. The summed E-state index contributed by atoms with van der Waals surface area (Å²) in [4.78, 5) is 6.27. The number of nitriles is 1. The maximum absolute atomic E-state index is 8.97. The molecule has 0 spiro atoms. The van der Waals surface area contributed by atoms with E-state index in [1.165, 1.54) is 0 Å². The van der Waals surface area contributed by atoms with E-state index in [0.717, 1.165) is 25.1 Å². The highest BCUT2D eigenvalue weighted by Gasteiger charge is 2.25. The molecule has 1 aromatic heterocycles. The molecular weight excluding hydrogens is 188 g/mol. The van der Waals surface area contributed by atoms with Gasteiger partial charge in [0.15, 0.2) is 5.69 Å². The van der Waals surface area contributed by atoms with Crippen molar-refractivity contribution in [3.8, 4) is 6.07 Å². The molecule has 15 heavy (non-hydrogen) atoms. The van der Waals surface area contributed by atoms with Crippen LogP contribution < -0.4 is 10.6 Å². The zero-order chi connectivity index (χ0) is 10.7. The molecule has 1 aliphatic heterocycles. The molecule has 0 amide bonds. The van der Waals surface area contributed by atoms with Crippen molar-refractivity contribution in [1.29, 1.82) is 5.26 Å². The van der Waals surface area contributed by atoms with E-state index in [-0.39, 0.29) is 0 Å². The molecule has 0 saturated carbocycles. The molecule has 2 heterocycles. The average Bonchev–Trinajstić information content (AvgIpc) is 2.76. The number of hydrogen-bond donors (Lipinski definition) is 1. The van der Waals surface area contributed by atoms with Crippen LogP contribution in [0.15, 0.2) is 18.3 Å². The minimum atomic E-state index is 0.362. The predicted molar refractivity (Wildman–Crippen MR) is 58.4 cm³/mol. The van der Waals surface area contributed by atoms with Crippen LogP contribution >= 0.6 is 0 Å². The molecule has 1 fully saturated rings. The van der Waals surface area contributed by atoms with Gasteiger partial charge < -0.3 is 10.6 Å². The predicted octanol–water partition coefficient (Wildman–Crippen LogP) is 0.881. The molecule has 1 atom stereocenters. The number of pyridine rings is 1. The van der Waals surface area contributed by atoms with E-state index < -0.39 is 0 Å². The fourth-order valence-corrected chi connectivity index (χ4v) is 2.11. The summed E-state index contributed by atoms with van der Waals surface area (Å²) in [5.41, 5.74) is 7.13. The van der Waals surface area contributed by atoms with Crippen molar-refractivity contribution >= 4 is 5.69 Å². The first kappa shape index (κ1) is 9.94. The third-order valence-corrected chi connectivity index (χ3v) is 2.85. The van der Waals surface area contributed by atoms with Gasteiger partial charge in [0, 0.05) is 25.3 Å². The highest BCUT2D eigenvalue weighted by Crippen LogP contribution is 2.26. The summed E-state index contributed by atoms with van der Waals surface area (Å²) in [5, 5.41) is 8.97. The SMILES string of the molecule is N#Cc1ncccc1N1CCCC1CN. The number of nitrogens with zero attached hydrogens (tertiary/aromatic N) is 3. The van der Waals surface area contributed by atoms with E-state index in [0.29, 0.717) is 18.3 Å². The molecular formula is C11H14N4. The van der Waals surface area contributed by atoms with E-state index in [2.05, 4.69) is 16.0 Å². The van der Waals surface area contributed by atoms with Gasteiger partial charge in [0.1, 0.15) is 6.07 Å². The number of anilines is 1. The van der Waals surface area contributed by atoms with Gasteiger partial charge in [-0.05, 0) is 25.0 Å². The topological polar surface area (TPSA) is 65.9 Å². The lowest BCUT2D eigenvalue weighted by Gasteiger charge is -2.25. The Kier molecular flexibility index (Phi) is 2.84. The van der Waals surface area contributed by atoms with Crippen molar-refractivity contribution in [1.82, 2.24) is 4.98 Å². The van der Waals surface area contributed by atoms with Gasteiger partial charge in [0.2, 0.25) is 0 Å². The van der Waals surface area contributed by atoms with E-state index in [9.17, 15) is 0 Å². The third kappa shape index (κ3) is 1.79. The van der Waals surface area contributed by atoms with Gasteiger partial charge >= 0.3 is 0 Å². The van der Waals surface area contributed by atoms with Gasteiger partial charge in [-0.2, -0.15) is 5.26 Å². The Hall–Kier alpha value is -1.60. The molecule has 0 aliphatic carbocycles. The second-order valence-corrected chi connectivity index (χ2v) is 3.71. The number of aromatic nitrogens is 1. The van der Waals surface area contributed by atoms with Gasteiger partial charge in [-0.15, -0.1) is 0 Å². The van der Waals surface area contributed by atoms with Crippen LogP contribution in [-0.2, 0) is 0 Å². The normalized spacial score (nSPS) is 20.3. The summed E-state index contributed by atoms with van der Waals surface area (Å²) >= 11 is 0. The van der Waals surface area contributed by atoms with Crippen LogP contribution in [0.4, 0.5) is 5.69 Å². The minimum Gasteiger partial charge on any atom is -0.365 e. The van der Waals surface area contributed by atoms with Crippen LogP contribution in [0.3, 0.4) is 0 Å². The Morgan fingerprint density at radius 1 is 1.67 bits per heavy atom. The lowest BCUT2D eigenvalue weighted by Crippen LogP contribution is -2.35. The number of rotatable bonds is 2. The smallest absolute Gasteiger partial charge is 0.163 e. The van der Waals surface area contributed by atoms with Crippen molar-refractivity contribution in [3.63, 3.8) is 0 Å². The zero-order valence-corrected chi connectivity index (χ0v) is 8.56. The summed E-state index contributed by atoms with van der Waals surface area (Å²) in [5.74, 6) is 0. The molecule has 1 saturated heterocycles.